The van der Waals surface area contributed by atoms with Crippen molar-refractivity contribution in [3.05, 3.63) is 78.9 Å². The van der Waals surface area contributed by atoms with E-state index < -0.39 is 0 Å². The van der Waals surface area contributed by atoms with Crippen LogP contribution in [-0.2, 0) is 23.8 Å². The Balaban J connectivity index is 0.000000444. The van der Waals surface area contributed by atoms with Crippen molar-refractivity contribution in [1.29, 1.82) is 0 Å². The molecule has 0 amide bonds. The van der Waals surface area contributed by atoms with Crippen molar-refractivity contribution in [3.8, 4) is 0 Å². The first-order valence-corrected chi connectivity index (χ1v) is 15.6. The molecule has 1 aliphatic rings. The molecule has 1 heterocycles. The molecule has 0 fully saturated rings. The number of para-hydroxylation sites is 5. The first-order chi connectivity index (χ1) is 20.9. The molecular weight excluding hydrogens is 552 g/mol. The van der Waals surface area contributed by atoms with E-state index in [0.717, 1.165) is 37.9 Å². The zero-order valence-corrected chi connectivity index (χ0v) is 26.5. The van der Waals surface area contributed by atoms with Crippen LogP contribution in [0, 0.1) is 11.8 Å². The van der Waals surface area contributed by atoms with Gasteiger partial charge in [0.1, 0.15) is 6.61 Å². The van der Waals surface area contributed by atoms with Crippen molar-refractivity contribution in [2.45, 2.75) is 67.7 Å². The Kier molecular flexibility index (Phi) is 16.1. The van der Waals surface area contributed by atoms with Gasteiger partial charge in [0.25, 0.3) is 0 Å². The summed E-state index contributed by atoms with van der Waals surface area (Å²) in [5.74, 6) is -0.233. The average Bonchev–Trinajstić information content (AvgIpc) is 3.05. The lowest BCUT2D eigenvalue weighted by Crippen LogP contribution is -2.28. The molecule has 0 aliphatic carbocycles. The Morgan fingerprint density at radius 3 is 1.61 bits per heavy atom. The maximum Gasteiger partial charge on any atom is 0.308 e. The molecule has 0 spiro atoms. The van der Waals surface area contributed by atoms with Crippen molar-refractivity contribution in [3.63, 3.8) is 0 Å². The Morgan fingerprint density at radius 2 is 1.11 bits per heavy atom. The van der Waals surface area contributed by atoms with Gasteiger partial charge in [-0.2, -0.15) is 0 Å². The lowest BCUT2D eigenvalue weighted by atomic mass is 10.1. The number of benzene rings is 3. The maximum atomic E-state index is 11.9. The van der Waals surface area contributed by atoms with E-state index in [1.54, 1.807) is 0 Å². The average molecular weight is 605 g/mol. The Morgan fingerprint density at radius 1 is 0.636 bits per heavy atom. The molecule has 0 unspecified atom stereocenters. The molecule has 44 heavy (non-hydrogen) atoms. The van der Waals surface area contributed by atoms with Gasteiger partial charge < -0.3 is 24.0 Å². The molecule has 240 valence electrons. The summed E-state index contributed by atoms with van der Waals surface area (Å²) in [4.78, 5) is 27.7. The van der Waals surface area contributed by atoms with E-state index in [1.165, 1.54) is 22.7 Å². The molecule has 0 saturated heterocycles. The monoisotopic (exact) mass is 604 g/mol. The van der Waals surface area contributed by atoms with Crippen LogP contribution in [0.25, 0.3) is 0 Å². The molecule has 4 rings (SSSR count). The summed E-state index contributed by atoms with van der Waals surface area (Å²) in [6, 6.07) is 27.6. The number of anilines is 5. The van der Waals surface area contributed by atoms with Crippen LogP contribution >= 0.6 is 0 Å². The number of carbonyl (C=O) groups excluding carboxylic acids is 2. The van der Waals surface area contributed by atoms with Crippen molar-refractivity contribution in [2.24, 2.45) is 11.8 Å². The van der Waals surface area contributed by atoms with Gasteiger partial charge in [-0.15, -0.1) is 0 Å². The predicted octanol–water partition coefficient (Wildman–Crippen LogP) is 9.23. The summed E-state index contributed by atoms with van der Waals surface area (Å²) < 4.78 is 15.4. The van der Waals surface area contributed by atoms with Crippen LogP contribution in [0.2, 0.25) is 0 Å². The normalized spacial score (nSPS) is 12.8. The van der Waals surface area contributed by atoms with Crippen LogP contribution < -0.4 is 9.80 Å². The lowest BCUT2D eigenvalue weighted by Gasteiger charge is -2.40. The third kappa shape index (κ3) is 10.1. The molecule has 7 nitrogen and oxygen atoms in total. The number of esters is 2. The van der Waals surface area contributed by atoms with Crippen LogP contribution in [0.1, 0.15) is 67.7 Å². The Labute approximate surface area is 265 Å². The van der Waals surface area contributed by atoms with Crippen molar-refractivity contribution in [2.75, 3.05) is 42.8 Å². The number of unbranched alkanes of at least 4 members (excludes halogenated alkanes) is 1. The Bertz CT molecular complexity index is 1220. The second-order valence-electron chi connectivity index (χ2n) is 10.7. The summed E-state index contributed by atoms with van der Waals surface area (Å²) in [5, 5.41) is 0. The highest BCUT2D eigenvalue weighted by molar-refractivity contribution is 5.97. The van der Waals surface area contributed by atoms with Gasteiger partial charge in [-0.3, -0.25) is 9.59 Å². The first kappa shape index (κ1) is 36.4. The number of carbonyl (C=O) groups is 2. The van der Waals surface area contributed by atoms with Crippen LogP contribution in [0.4, 0.5) is 28.4 Å². The minimum absolute atomic E-state index is 0. The minimum Gasteiger partial charge on any atom is -0.465 e. The van der Waals surface area contributed by atoms with Crippen molar-refractivity contribution in [1.82, 2.24) is 0 Å². The molecule has 0 N–H and O–H groups in total. The van der Waals surface area contributed by atoms with Gasteiger partial charge in [-0.05, 0) is 69.0 Å². The molecule has 7 heteroatoms. The quantitative estimate of drug-likeness (QED) is 0.134. The number of rotatable bonds is 14. The van der Waals surface area contributed by atoms with E-state index in [-0.39, 0.29) is 31.2 Å². The fraction of sp³-hybridized carbons (Fsp3) is 0.459. The molecule has 0 bridgehead atoms. The van der Waals surface area contributed by atoms with E-state index in [1.807, 2.05) is 40.7 Å². The van der Waals surface area contributed by atoms with Crippen LogP contribution in [0.15, 0.2) is 78.9 Å². The van der Waals surface area contributed by atoms with Gasteiger partial charge in [0.2, 0.25) is 0 Å². The van der Waals surface area contributed by atoms with Gasteiger partial charge in [0, 0.05) is 18.8 Å². The summed E-state index contributed by atoms with van der Waals surface area (Å²) in [7, 11) is 0. The third-order valence-electron chi connectivity index (χ3n) is 7.57. The fourth-order valence-corrected chi connectivity index (χ4v) is 4.63. The number of hydrogen-bond acceptors (Lipinski definition) is 7. The predicted molar refractivity (Wildman–Crippen MR) is 181 cm³/mol. The molecule has 0 radical (unpaired) electrons. The van der Waals surface area contributed by atoms with E-state index in [4.69, 9.17) is 14.2 Å². The van der Waals surface area contributed by atoms with Gasteiger partial charge in [0.05, 0.1) is 47.8 Å². The minimum atomic E-state index is -0.128. The number of ether oxygens (including phenoxy) is 3. The SMILES string of the molecule is C.CCOCCOC(=O)[C@H](C)CC.CC[C@@H](C)C(=O)OCCCCN1c2ccccc2N(c2ccccc2)c2ccccc21. The lowest BCUT2D eigenvalue weighted by molar-refractivity contribution is -0.149. The van der Waals surface area contributed by atoms with Gasteiger partial charge >= 0.3 is 11.9 Å². The highest BCUT2D eigenvalue weighted by Gasteiger charge is 2.28. The molecule has 3 aromatic carbocycles. The summed E-state index contributed by atoms with van der Waals surface area (Å²) in [5.41, 5.74) is 5.90. The van der Waals surface area contributed by atoms with Crippen LogP contribution in [0.5, 0.6) is 0 Å². The Hall–Kier alpha value is -3.84. The third-order valence-corrected chi connectivity index (χ3v) is 7.57. The summed E-state index contributed by atoms with van der Waals surface area (Å²) in [6.07, 6.45) is 3.44. The summed E-state index contributed by atoms with van der Waals surface area (Å²) >= 11 is 0. The first-order valence-electron chi connectivity index (χ1n) is 15.6. The summed E-state index contributed by atoms with van der Waals surface area (Å²) in [6.45, 7) is 12.6. The molecular formula is C37H52N2O5. The number of hydrogen-bond donors (Lipinski definition) is 0. The zero-order valence-electron chi connectivity index (χ0n) is 26.5. The van der Waals surface area contributed by atoms with Gasteiger partial charge in [0.15, 0.2) is 0 Å². The molecule has 1 aliphatic heterocycles. The van der Waals surface area contributed by atoms with Gasteiger partial charge in [-0.25, -0.2) is 0 Å². The topological polar surface area (TPSA) is 68.3 Å². The maximum absolute atomic E-state index is 11.9. The van der Waals surface area contributed by atoms with Crippen molar-refractivity contribution >= 4 is 40.4 Å². The standard InChI is InChI=1S/C27H30N2O2.C9H18O3.CH4/c1-3-21(2)27(30)31-20-12-11-19-28-23-15-7-9-17-25(23)29(22-13-5-4-6-14-22)26-18-10-8-16-24(26)28;1-4-8(3)9(10)12-7-6-11-5-2;/h4-10,13-18,21H,3,11-12,19-20H2,1-2H3;8H,4-7H2,1-3H3;1H4/t21-;8-;/m11./s1. The molecule has 0 aromatic heterocycles. The smallest absolute Gasteiger partial charge is 0.308 e. The van der Waals surface area contributed by atoms with Crippen LogP contribution in [0.3, 0.4) is 0 Å². The van der Waals surface area contributed by atoms with E-state index >= 15 is 0 Å². The van der Waals surface area contributed by atoms with Gasteiger partial charge in [-0.1, -0.05) is 77.6 Å². The fourth-order valence-electron chi connectivity index (χ4n) is 4.63. The molecule has 2 atom stereocenters. The zero-order chi connectivity index (χ0) is 31.0. The largest absolute Gasteiger partial charge is 0.465 e. The second-order valence-corrected chi connectivity index (χ2v) is 10.7. The van der Waals surface area contributed by atoms with E-state index in [0.29, 0.717) is 26.4 Å². The van der Waals surface area contributed by atoms with E-state index in [2.05, 4.69) is 82.6 Å². The highest BCUT2D eigenvalue weighted by Crippen LogP contribution is 2.50. The van der Waals surface area contributed by atoms with E-state index in [9.17, 15) is 9.59 Å². The molecule has 3 aromatic rings. The molecule has 0 saturated carbocycles. The number of nitrogens with zero attached hydrogens (tertiary/aromatic N) is 2. The van der Waals surface area contributed by atoms with Crippen molar-refractivity contribution < 1.29 is 23.8 Å². The highest BCUT2D eigenvalue weighted by atomic mass is 16.6. The van der Waals surface area contributed by atoms with Crippen LogP contribution in [-0.4, -0.2) is 44.9 Å². The number of fused-ring (bicyclic) bond motifs is 2. The second kappa shape index (κ2) is 19.4.